The van der Waals surface area contributed by atoms with Crippen molar-refractivity contribution in [1.82, 2.24) is 14.5 Å². The smallest absolute Gasteiger partial charge is 0.192 e. The van der Waals surface area contributed by atoms with Gasteiger partial charge in [-0.15, -0.1) is 0 Å². The Kier molecular flexibility index (Phi) is 3.12. The number of nitrogens with zero attached hydrogens (tertiary/aromatic N) is 2. The van der Waals surface area contributed by atoms with Gasteiger partial charge in [-0.05, 0) is 24.6 Å². The van der Waals surface area contributed by atoms with Crippen LogP contribution in [0.2, 0.25) is 0 Å². The zero-order valence-corrected chi connectivity index (χ0v) is 11.3. The van der Waals surface area contributed by atoms with Crippen molar-refractivity contribution in [3.05, 3.63) is 52.4 Å². The molecule has 3 aromatic rings. The molecule has 0 aliphatic carbocycles. The van der Waals surface area contributed by atoms with Gasteiger partial charge in [0.25, 0.3) is 0 Å². The van der Waals surface area contributed by atoms with Crippen LogP contribution in [0, 0.1) is 0 Å². The molecule has 5 heteroatoms. The molecule has 2 heterocycles. The summed E-state index contributed by atoms with van der Waals surface area (Å²) in [5.41, 5.74) is 9.13. The van der Waals surface area contributed by atoms with E-state index in [1.807, 2.05) is 29.7 Å². The van der Waals surface area contributed by atoms with Gasteiger partial charge in [0.15, 0.2) is 5.43 Å². The summed E-state index contributed by atoms with van der Waals surface area (Å²) in [6, 6.07) is 7.49. The number of H-pyrrole nitrogens is 1. The van der Waals surface area contributed by atoms with Crippen molar-refractivity contribution in [3.63, 3.8) is 0 Å². The van der Waals surface area contributed by atoms with Gasteiger partial charge >= 0.3 is 0 Å². The van der Waals surface area contributed by atoms with Gasteiger partial charge in [0, 0.05) is 31.5 Å². The monoisotopic (exact) mass is 268 g/mol. The maximum Gasteiger partial charge on any atom is 0.192 e. The lowest BCUT2D eigenvalue weighted by Gasteiger charge is -2.05. The largest absolute Gasteiger partial charge is 0.367 e. The van der Waals surface area contributed by atoms with Gasteiger partial charge in [0.2, 0.25) is 0 Å². The predicted molar refractivity (Wildman–Crippen MR) is 79.4 cm³/mol. The van der Waals surface area contributed by atoms with Crippen LogP contribution < -0.4 is 11.2 Å². The molecule has 0 atom stereocenters. The summed E-state index contributed by atoms with van der Waals surface area (Å²) >= 11 is 0. The zero-order valence-electron chi connectivity index (χ0n) is 11.3. The lowest BCUT2D eigenvalue weighted by atomic mass is 10.2. The maximum absolute atomic E-state index is 12.0. The average Bonchev–Trinajstić information content (AvgIpc) is 2.84. The maximum atomic E-state index is 12.0. The third-order valence-electron chi connectivity index (χ3n) is 3.43. The summed E-state index contributed by atoms with van der Waals surface area (Å²) in [6.45, 7) is 3.27. The second-order valence-electron chi connectivity index (χ2n) is 4.63. The summed E-state index contributed by atoms with van der Waals surface area (Å²) in [5.74, 6) is 0.693. The first-order chi connectivity index (χ1) is 9.74. The molecule has 2 aromatic heterocycles. The number of aromatic nitrogens is 3. The molecule has 0 fully saturated rings. The number of rotatable bonds is 3. The molecule has 0 aliphatic heterocycles. The summed E-state index contributed by atoms with van der Waals surface area (Å²) in [4.78, 5) is 19.6. The molecular weight excluding hydrogens is 252 g/mol. The van der Waals surface area contributed by atoms with Crippen LogP contribution >= 0.6 is 0 Å². The van der Waals surface area contributed by atoms with Crippen molar-refractivity contribution < 1.29 is 0 Å². The first kappa shape index (κ1) is 12.6. The van der Waals surface area contributed by atoms with Gasteiger partial charge in [0.05, 0.1) is 16.6 Å². The zero-order chi connectivity index (χ0) is 14.1. The molecule has 0 spiro atoms. The van der Waals surface area contributed by atoms with Crippen molar-refractivity contribution in [3.8, 4) is 11.4 Å². The molecule has 0 bridgehead atoms. The highest BCUT2D eigenvalue weighted by molar-refractivity contribution is 5.81. The van der Waals surface area contributed by atoms with Crippen molar-refractivity contribution in [2.45, 2.75) is 20.0 Å². The lowest BCUT2D eigenvalue weighted by Crippen LogP contribution is -2.07. The van der Waals surface area contributed by atoms with Gasteiger partial charge in [-0.2, -0.15) is 0 Å². The standard InChI is InChI=1S/C15H16N4O/c1-2-19-13-4-3-10(8-16)7-12(13)18-15(19)11-9-17-6-5-14(11)20/h3-7,9H,2,8,16H2,1H3,(H,17,20). The minimum Gasteiger partial charge on any atom is -0.367 e. The molecule has 0 amide bonds. The van der Waals surface area contributed by atoms with E-state index in [-0.39, 0.29) is 5.43 Å². The molecule has 0 radical (unpaired) electrons. The third kappa shape index (κ3) is 1.92. The first-order valence-electron chi connectivity index (χ1n) is 6.61. The van der Waals surface area contributed by atoms with Crippen LogP contribution in [0.3, 0.4) is 0 Å². The van der Waals surface area contributed by atoms with Gasteiger partial charge in [-0.3, -0.25) is 4.79 Å². The highest BCUT2D eigenvalue weighted by atomic mass is 16.1. The molecule has 3 rings (SSSR count). The van der Waals surface area contributed by atoms with E-state index in [0.29, 0.717) is 17.9 Å². The van der Waals surface area contributed by atoms with E-state index in [1.165, 1.54) is 6.07 Å². The SMILES string of the molecule is CCn1c(-c2c[nH]ccc2=O)nc2cc(CN)ccc21. The number of pyridine rings is 1. The summed E-state index contributed by atoms with van der Waals surface area (Å²) < 4.78 is 2.04. The highest BCUT2D eigenvalue weighted by Crippen LogP contribution is 2.23. The van der Waals surface area contributed by atoms with E-state index >= 15 is 0 Å². The molecule has 0 saturated heterocycles. The van der Waals surface area contributed by atoms with E-state index in [1.54, 1.807) is 12.4 Å². The molecule has 20 heavy (non-hydrogen) atoms. The number of nitrogens with two attached hydrogens (primary N) is 1. The molecule has 1 aromatic carbocycles. The number of benzene rings is 1. The van der Waals surface area contributed by atoms with Crippen LogP contribution in [-0.4, -0.2) is 14.5 Å². The fourth-order valence-corrected chi connectivity index (χ4v) is 2.42. The van der Waals surface area contributed by atoms with E-state index in [0.717, 1.165) is 23.1 Å². The minimum atomic E-state index is -0.0344. The molecular formula is C15H16N4O. The number of aromatic amines is 1. The van der Waals surface area contributed by atoms with Crippen molar-refractivity contribution >= 4 is 11.0 Å². The van der Waals surface area contributed by atoms with Crippen molar-refractivity contribution in [1.29, 1.82) is 0 Å². The predicted octanol–water partition coefficient (Wildman–Crippen LogP) is 1.87. The molecule has 0 saturated carbocycles. The molecule has 102 valence electrons. The Balaban J connectivity index is 2.31. The second-order valence-corrected chi connectivity index (χ2v) is 4.63. The number of hydrogen-bond donors (Lipinski definition) is 2. The van der Waals surface area contributed by atoms with Crippen LogP contribution in [-0.2, 0) is 13.1 Å². The van der Waals surface area contributed by atoms with Crippen LogP contribution in [0.1, 0.15) is 12.5 Å². The van der Waals surface area contributed by atoms with E-state index in [2.05, 4.69) is 9.97 Å². The Morgan fingerprint density at radius 3 is 2.90 bits per heavy atom. The summed E-state index contributed by atoms with van der Waals surface area (Å²) in [7, 11) is 0. The van der Waals surface area contributed by atoms with Crippen LogP contribution in [0.5, 0.6) is 0 Å². The Labute approximate surface area is 116 Å². The topological polar surface area (TPSA) is 76.7 Å². The Morgan fingerprint density at radius 2 is 2.20 bits per heavy atom. The second kappa shape index (κ2) is 4.94. The molecule has 5 nitrogen and oxygen atoms in total. The van der Waals surface area contributed by atoms with Crippen LogP contribution in [0.4, 0.5) is 0 Å². The normalized spacial score (nSPS) is 11.1. The highest BCUT2D eigenvalue weighted by Gasteiger charge is 2.13. The van der Waals surface area contributed by atoms with Gasteiger partial charge in [0.1, 0.15) is 5.82 Å². The van der Waals surface area contributed by atoms with Crippen molar-refractivity contribution in [2.75, 3.05) is 0 Å². The average molecular weight is 268 g/mol. The number of fused-ring (bicyclic) bond motifs is 1. The van der Waals surface area contributed by atoms with Crippen LogP contribution in [0.25, 0.3) is 22.4 Å². The molecule has 3 N–H and O–H groups in total. The fourth-order valence-electron chi connectivity index (χ4n) is 2.42. The van der Waals surface area contributed by atoms with Gasteiger partial charge in [-0.1, -0.05) is 6.07 Å². The number of imidazole rings is 1. The number of hydrogen-bond acceptors (Lipinski definition) is 3. The fraction of sp³-hybridized carbons (Fsp3) is 0.200. The van der Waals surface area contributed by atoms with Crippen molar-refractivity contribution in [2.24, 2.45) is 5.73 Å². The first-order valence-corrected chi connectivity index (χ1v) is 6.61. The van der Waals surface area contributed by atoms with E-state index in [4.69, 9.17) is 5.73 Å². The number of nitrogens with one attached hydrogen (secondary N) is 1. The third-order valence-corrected chi connectivity index (χ3v) is 3.43. The summed E-state index contributed by atoms with van der Waals surface area (Å²) in [6.07, 6.45) is 3.32. The minimum absolute atomic E-state index is 0.0344. The number of aryl methyl sites for hydroxylation is 1. The van der Waals surface area contributed by atoms with Gasteiger partial charge < -0.3 is 15.3 Å². The summed E-state index contributed by atoms with van der Waals surface area (Å²) in [5, 5.41) is 0. The lowest BCUT2D eigenvalue weighted by molar-refractivity contribution is 0.795. The Morgan fingerprint density at radius 1 is 1.35 bits per heavy atom. The Bertz CT molecular complexity index is 816. The Hall–Kier alpha value is -2.40. The molecule has 0 aliphatic rings. The quantitative estimate of drug-likeness (QED) is 0.761. The van der Waals surface area contributed by atoms with Gasteiger partial charge in [-0.25, -0.2) is 4.98 Å². The van der Waals surface area contributed by atoms with Crippen LogP contribution in [0.15, 0.2) is 41.5 Å². The van der Waals surface area contributed by atoms with E-state index in [9.17, 15) is 4.79 Å². The van der Waals surface area contributed by atoms with E-state index < -0.39 is 0 Å². The molecule has 0 unspecified atom stereocenters.